The van der Waals surface area contributed by atoms with Crippen LogP contribution in [0.1, 0.15) is 149 Å². The lowest BCUT2D eigenvalue weighted by Gasteiger charge is -2.20. The van der Waals surface area contributed by atoms with Crippen molar-refractivity contribution in [2.75, 3.05) is 26.4 Å². The molecule has 0 rings (SSSR count). The van der Waals surface area contributed by atoms with Crippen LogP contribution in [0.15, 0.2) is 60.8 Å². The molecule has 0 aliphatic carbocycles. The predicted molar refractivity (Wildman–Crippen MR) is 224 cm³/mol. The van der Waals surface area contributed by atoms with Crippen molar-refractivity contribution in [2.24, 2.45) is 5.73 Å². The summed E-state index contributed by atoms with van der Waals surface area (Å²) in [6.07, 6.45) is 33.3. The van der Waals surface area contributed by atoms with Gasteiger partial charge in [0.15, 0.2) is 6.10 Å². The van der Waals surface area contributed by atoms with Gasteiger partial charge >= 0.3 is 19.8 Å². The van der Waals surface area contributed by atoms with Crippen molar-refractivity contribution in [1.82, 2.24) is 0 Å². The van der Waals surface area contributed by atoms with Crippen molar-refractivity contribution in [3.05, 3.63) is 60.8 Å². The number of ether oxygens (including phenoxy) is 2. The summed E-state index contributed by atoms with van der Waals surface area (Å²) in [7, 11) is -4.46. The SMILES string of the molecule is CCCCCCCC/C=C\CCCCCCCC(=O)O[C@H](COC(=O)CCC[C@@H](O)[C@H](O)/C=C/C=C/C=C\C=C\[C@H](O)CCCCC)COP(=O)(O)OCCN. The van der Waals surface area contributed by atoms with E-state index < -0.39 is 57.4 Å². The maximum absolute atomic E-state index is 12.6. The summed E-state index contributed by atoms with van der Waals surface area (Å²) < 4.78 is 32.5. The van der Waals surface area contributed by atoms with Crippen LogP contribution >= 0.6 is 7.82 Å². The molecule has 0 bridgehead atoms. The first-order chi connectivity index (χ1) is 27.0. The summed E-state index contributed by atoms with van der Waals surface area (Å²) in [5.74, 6) is -1.17. The fourth-order valence-electron chi connectivity index (χ4n) is 5.42. The van der Waals surface area contributed by atoms with Gasteiger partial charge in [0, 0.05) is 19.4 Å². The standard InChI is InChI=1S/C43H76NO11P/c1-3-5-7-8-9-10-11-12-13-14-15-16-17-22-26-32-43(49)55-39(37-54-56(50,51)53-35-34-44)36-52-42(48)33-27-31-41(47)40(46)30-25-21-19-18-20-24-29-38(45)28-23-6-4-2/h12-13,18-21,24-25,29-30,38-41,45-47H,3-11,14-17,22-23,26-28,31-37,44H2,1-2H3,(H,50,51)/b13-12-,20-18-,21-19+,29-24+,30-25+/t38-,39-,40-,41-/m1/s1. The van der Waals surface area contributed by atoms with E-state index in [9.17, 15) is 34.4 Å². The minimum atomic E-state index is -4.46. The number of nitrogens with two attached hydrogens (primary N) is 1. The molecule has 5 atom stereocenters. The largest absolute Gasteiger partial charge is 0.472 e. The molecular weight excluding hydrogens is 737 g/mol. The van der Waals surface area contributed by atoms with Gasteiger partial charge in [-0.2, -0.15) is 0 Å². The molecule has 0 spiro atoms. The van der Waals surface area contributed by atoms with Gasteiger partial charge in [-0.1, -0.05) is 145 Å². The molecule has 0 saturated heterocycles. The number of phosphoric ester groups is 1. The second kappa shape index (κ2) is 38.1. The molecular formula is C43H76NO11P. The summed E-state index contributed by atoms with van der Waals surface area (Å²) in [5, 5.41) is 30.4. The van der Waals surface area contributed by atoms with Crippen molar-refractivity contribution in [3.8, 4) is 0 Å². The molecule has 324 valence electrons. The Bertz CT molecular complexity index is 1160. The first-order valence-corrected chi connectivity index (χ1v) is 22.6. The van der Waals surface area contributed by atoms with Crippen LogP contribution in [0.5, 0.6) is 0 Å². The molecule has 0 saturated carbocycles. The zero-order chi connectivity index (χ0) is 41.5. The number of hydrogen-bond acceptors (Lipinski definition) is 11. The van der Waals surface area contributed by atoms with E-state index in [1.807, 2.05) is 0 Å². The Kier molecular flexibility index (Phi) is 36.5. The molecule has 0 aromatic heterocycles. The van der Waals surface area contributed by atoms with Gasteiger partial charge in [-0.25, -0.2) is 4.57 Å². The molecule has 0 fully saturated rings. The lowest BCUT2D eigenvalue weighted by molar-refractivity contribution is -0.161. The maximum Gasteiger partial charge on any atom is 0.472 e. The topological polar surface area (TPSA) is 195 Å². The quantitative estimate of drug-likeness (QED) is 0.0131. The monoisotopic (exact) mass is 814 g/mol. The second-order valence-electron chi connectivity index (χ2n) is 14.1. The van der Waals surface area contributed by atoms with Gasteiger partial charge in [0.05, 0.1) is 31.5 Å². The highest BCUT2D eigenvalue weighted by Crippen LogP contribution is 2.43. The van der Waals surface area contributed by atoms with Gasteiger partial charge in [-0.15, -0.1) is 0 Å². The first kappa shape index (κ1) is 53.6. The zero-order valence-electron chi connectivity index (χ0n) is 34.4. The van der Waals surface area contributed by atoms with Gasteiger partial charge in [-0.05, 0) is 51.4 Å². The summed E-state index contributed by atoms with van der Waals surface area (Å²) >= 11 is 0. The number of allylic oxidation sites excluding steroid dienone is 8. The number of unbranched alkanes of at least 4 members (excludes halogenated alkanes) is 13. The molecule has 0 heterocycles. The Labute approximate surface area is 337 Å². The molecule has 6 N–H and O–H groups in total. The van der Waals surface area contributed by atoms with Crippen LogP contribution in [0.2, 0.25) is 0 Å². The summed E-state index contributed by atoms with van der Waals surface area (Å²) in [6.45, 7) is 3.20. The van der Waals surface area contributed by atoms with Crippen molar-refractivity contribution in [2.45, 2.75) is 173 Å². The number of carbonyl (C=O) groups is 2. The number of carbonyl (C=O) groups excluding carboxylic acids is 2. The normalized spacial score (nSPS) is 15.6. The highest BCUT2D eigenvalue weighted by Gasteiger charge is 2.26. The van der Waals surface area contributed by atoms with E-state index in [-0.39, 0.29) is 38.8 Å². The van der Waals surface area contributed by atoms with Gasteiger partial charge in [0.1, 0.15) is 6.61 Å². The highest BCUT2D eigenvalue weighted by atomic mass is 31.2. The van der Waals surface area contributed by atoms with Gasteiger partial charge < -0.3 is 35.4 Å². The predicted octanol–water partition coefficient (Wildman–Crippen LogP) is 8.63. The molecule has 1 unspecified atom stereocenters. The van der Waals surface area contributed by atoms with E-state index >= 15 is 0 Å². The number of hydrogen-bond donors (Lipinski definition) is 5. The van der Waals surface area contributed by atoms with E-state index in [1.54, 1.807) is 42.5 Å². The van der Waals surface area contributed by atoms with Crippen molar-refractivity contribution < 1.29 is 52.9 Å². The molecule has 13 heteroatoms. The fourth-order valence-corrected chi connectivity index (χ4v) is 6.19. The summed E-state index contributed by atoms with van der Waals surface area (Å²) in [6, 6.07) is 0. The van der Waals surface area contributed by atoms with Crippen LogP contribution in [-0.2, 0) is 32.7 Å². The third kappa shape index (κ3) is 36.0. The fraction of sp³-hybridized carbons (Fsp3) is 0.721. The van der Waals surface area contributed by atoms with Crippen LogP contribution in [0, 0.1) is 0 Å². The van der Waals surface area contributed by atoms with Crippen molar-refractivity contribution >= 4 is 19.8 Å². The van der Waals surface area contributed by atoms with Crippen LogP contribution in [0.3, 0.4) is 0 Å². The second-order valence-corrected chi connectivity index (χ2v) is 15.5. The van der Waals surface area contributed by atoms with E-state index in [0.29, 0.717) is 6.42 Å². The number of aliphatic hydroxyl groups is 3. The van der Waals surface area contributed by atoms with Gasteiger partial charge in [-0.3, -0.25) is 18.6 Å². The average molecular weight is 814 g/mol. The molecule has 12 nitrogen and oxygen atoms in total. The molecule has 0 aromatic carbocycles. The van der Waals surface area contributed by atoms with Gasteiger partial charge in [0.25, 0.3) is 0 Å². The van der Waals surface area contributed by atoms with E-state index in [1.165, 1.54) is 44.6 Å². The third-order valence-electron chi connectivity index (χ3n) is 8.74. The van der Waals surface area contributed by atoms with Crippen LogP contribution in [-0.4, -0.2) is 82.9 Å². The number of aliphatic hydroxyl groups excluding tert-OH is 3. The maximum atomic E-state index is 12.6. The third-order valence-corrected chi connectivity index (χ3v) is 9.73. The molecule has 56 heavy (non-hydrogen) atoms. The highest BCUT2D eigenvalue weighted by molar-refractivity contribution is 7.47. The van der Waals surface area contributed by atoms with Crippen molar-refractivity contribution in [3.63, 3.8) is 0 Å². The molecule has 0 amide bonds. The number of esters is 2. The number of rotatable bonds is 38. The zero-order valence-corrected chi connectivity index (χ0v) is 35.3. The van der Waals surface area contributed by atoms with Crippen molar-refractivity contribution in [1.29, 1.82) is 0 Å². The molecule has 0 radical (unpaired) electrons. The van der Waals surface area contributed by atoms with Crippen LogP contribution in [0.4, 0.5) is 0 Å². The van der Waals surface area contributed by atoms with E-state index in [4.69, 9.17) is 24.3 Å². The number of phosphoric acid groups is 1. The lowest BCUT2D eigenvalue weighted by Crippen LogP contribution is -2.30. The van der Waals surface area contributed by atoms with E-state index in [2.05, 4.69) is 26.0 Å². The first-order valence-electron chi connectivity index (χ1n) is 21.1. The minimum Gasteiger partial charge on any atom is -0.462 e. The smallest absolute Gasteiger partial charge is 0.462 e. The van der Waals surface area contributed by atoms with Crippen LogP contribution in [0.25, 0.3) is 0 Å². The Hall–Kier alpha value is -2.41. The Morgan fingerprint density at radius 2 is 1.20 bits per heavy atom. The van der Waals surface area contributed by atoms with Crippen LogP contribution < -0.4 is 5.73 Å². The molecule has 0 aliphatic rings. The minimum absolute atomic E-state index is 0.000983. The molecule has 0 aromatic rings. The molecule has 0 aliphatic heterocycles. The lowest BCUT2D eigenvalue weighted by atomic mass is 10.1. The summed E-state index contributed by atoms with van der Waals surface area (Å²) in [5.41, 5.74) is 5.32. The Morgan fingerprint density at radius 3 is 1.84 bits per heavy atom. The Balaban J connectivity index is 4.53. The summed E-state index contributed by atoms with van der Waals surface area (Å²) in [4.78, 5) is 34.9. The van der Waals surface area contributed by atoms with E-state index in [0.717, 1.165) is 64.2 Å². The van der Waals surface area contributed by atoms with Gasteiger partial charge in [0.2, 0.25) is 0 Å². The average Bonchev–Trinajstić information content (AvgIpc) is 3.17. The Morgan fingerprint density at radius 1 is 0.643 bits per heavy atom.